The Morgan fingerprint density at radius 1 is 1.30 bits per heavy atom. The molecule has 1 aliphatic heterocycles. The molecule has 0 bridgehead atoms. The topological polar surface area (TPSA) is 81.2 Å². The highest BCUT2D eigenvalue weighted by Gasteiger charge is 2.43. The zero-order valence-corrected chi connectivity index (χ0v) is 10.7. The number of fused-ring (bicyclic) bond motifs is 3. The zero-order chi connectivity index (χ0) is 13.7. The Morgan fingerprint density at radius 2 is 2.20 bits per heavy atom. The average molecular weight is 264 g/mol. The number of aromatic nitrogens is 2. The van der Waals surface area contributed by atoms with E-state index in [2.05, 4.69) is 21.0 Å². The molecule has 1 atom stereocenters. The monoisotopic (exact) mass is 264 g/mol. The average Bonchev–Trinajstić information content (AvgIpc) is 3.00. The molecule has 5 heteroatoms. The number of amides is 1. The Morgan fingerprint density at radius 3 is 3.05 bits per heavy atom. The summed E-state index contributed by atoms with van der Waals surface area (Å²) in [6.07, 6.45) is 6.86. The third kappa shape index (κ3) is 1.43. The molecule has 2 aromatic heterocycles. The summed E-state index contributed by atoms with van der Waals surface area (Å²) >= 11 is 0. The molecule has 4 rings (SSSR count). The van der Waals surface area contributed by atoms with Crippen LogP contribution in [0.3, 0.4) is 0 Å². The van der Waals surface area contributed by atoms with E-state index in [9.17, 15) is 4.79 Å². The van der Waals surface area contributed by atoms with Gasteiger partial charge in [0.1, 0.15) is 0 Å². The summed E-state index contributed by atoms with van der Waals surface area (Å²) in [5.74, 6) is 0.346. The van der Waals surface area contributed by atoms with Crippen LogP contribution in [0, 0.1) is 0 Å². The predicted octanol–water partition coefficient (Wildman–Crippen LogP) is 1.33. The van der Waals surface area contributed by atoms with Crippen molar-refractivity contribution in [2.75, 3.05) is 0 Å². The molecule has 0 radical (unpaired) electrons. The molecule has 2 aromatic rings. The van der Waals surface area contributed by atoms with E-state index < -0.39 is 5.91 Å². The first-order valence-corrected chi connectivity index (χ1v) is 6.46. The van der Waals surface area contributed by atoms with Crippen LogP contribution in [-0.2, 0) is 18.3 Å². The number of nitrogens with two attached hydrogens (primary N) is 1. The van der Waals surface area contributed by atoms with Crippen LogP contribution in [0.25, 0.3) is 0 Å². The lowest BCUT2D eigenvalue weighted by molar-refractivity contribution is 0.1000. The molecule has 2 N–H and O–H groups in total. The zero-order valence-electron chi connectivity index (χ0n) is 10.7. The third-order valence-electron chi connectivity index (χ3n) is 4.09. The Bertz CT molecular complexity index is 768. The van der Waals surface area contributed by atoms with E-state index >= 15 is 0 Å². The summed E-state index contributed by atoms with van der Waals surface area (Å²) in [5.41, 5.74) is 8.84. The summed E-state index contributed by atoms with van der Waals surface area (Å²) in [4.78, 5) is 24.4. The highest BCUT2D eigenvalue weighted by atomic mass is 16.1. The summed E-state index contributed by atoms with van der Waals surface area (Å²) in [6, 6.07) is 5.85. The summed E-state index contributed by atoms with van der Waals surface area (Å²) in [7, 11) is 0. The molecule has 5 nitrogen and oxygen atoms in total. The van der Waals surface area contributed by atoms with Crippen molar-refractivity contribution in [1.29, 1.82) is 0 Å². The molecule has 0 saturated carbocycles. The number of nitrogens with zero attached hydrogens (tertiary/aromatic N) is 3. The standard InChI is InChI=1S/C15H12N4O/c16-13(20)10-4-9-5-15(6-12(9)18-7-10)8-19-14-11(15)2-1-3-17-14/h1-4,7-8H,5-6H2,(H2,16,20). The Kier molecular flexibility index (Phi) is 2.10. The fourth-order valence-electron chi connectivity index (χ4n) is 3.11. The molecule has 0 fully saturated rings. The van der Waals surface area contributed by atoms with Crippen molar-refractivity contribution < 1.29 is 4.79 Å². The number of rotatable bonds is 1. The highest BCUT2D eigenvalue weighted by Crippen LogP contribution is 2.44. The fraction of sp³-hybridized carbons (Fsp3) is 0.200. The molecule has 98 valence electrons. The minimum Gasteiger partial charge on any atom is -0.366 e. The van der Waals surface area contributed by atoms with Gasteiger partial charge >= 0.3 is 0 Å². The smallest absolute Gasteiger partial charge is 0.250 e. The van der Waals surface area contributed by atoms with Gasteiger partial charge in [0.2, 0.25) is 5.91 Å². The first-order chi connectivity index (χ1) is 9.68. The van der Waals surface area contributed by atoms with Gasteiger partial charge in [-0.05, 0) is 24.1 Å². The van der Waals surface area contributed by atoms with E-state index in [0.29, 0.717) is 5.56 Å². The normalized spacial score (nSPS) is 22.0. The SMILES string of the molecule is NC(=O)c1cnc2c(c1)CC1(C=Nc3ncccc31)C2. The van der Waals surface area contributed by atoms with Gasteiger partial charge in [-0.3, -0.25) is 9.78 Å². The van der Waals surface area contributed by atoms with E-state index in [1.165, 1.54) is 0 Å². The first-order valence-electron chi connectivity index (χ1n) is 6.46. The molecule has 1 amide bonds. The molecule has 1 unspecified atom stereocenters. The number of carbonyl (C=O) groups excluding carboxylic acids is 1. The summed E-state index contributed by atoms with van der Waals surface area (Å²) in [5, 5.41) is 0. The van der Waals surface area contributed by atoms with Gasteiger partial charge in [0.05, 0.1) is 5.56 Å². The van der Waals surface area contributed by atoms with Crippen LogP contribution in [0.1, 0.15) is 27.2 Å². The fourth-order valence-corrected chi connectivity index (χ4v) is 3.11. The third-order valence-corrected chi connectivity index (χ3v) is 4.09. The minimum absolute atomic E-state index is 0.158. The van der Waals surface area contributed by atoms with Crippen molar-refractivity contribution in [3.63, 3.8) is 0 Å². The lowest BCUT2D eigenvalue weighted by Crippen LogP contribution is -2.26. The van der Waals surface area contributed by atoms with Crippen molar-refractivity contribution in [2.45, 2.75) is 18.3 Å². The van der Waals surface area contributed by atoms with Gasteiger partial charge in [-0.2, -0.15) is 0 Å². The summed E-state index contributed by atoms with van der Waals surface area (Å²) in [6.45, 7) is 0. The Balaban J connectivity index is 1.80. The Labute approximate surface area is 115 Å². The maximum absolute atomic E-state index is 11.3. The van der Waals surface area contributed by atoms with Crippen molar-refractivity contribution >= 4 is 17.9 Å². The first kappa shape index (κ1) is 11.3. The quantitative estimate of drug-likeness (QED) is 0.843. The van der Waals surface area contributed by atoms with Crippen LogP contribution >= 0.6 is 0 Å². The lowest BCUT2D eigenvalue weighted by Gasteiger charge is -2.19. The summed E-state index contributed by atoms with van der Waals surface area (Å²) < 4.78 is 0. The second-order valence-corrected chi connectivity index (χ2v) is 5.34. The number of primary amides is 1. The van der Waals surface area contributed by atoms with E-state index in [1.54, 1.807) is 12.4 Å². The number of hydrogen-bond donors (Lipinski definition) is 1. The van der Waals surface area contributed by atoms with E-state index in [0.717, 1.165) is 35.5 Å². The number of pyridine rings is 2. The molecule has 3 heterocycles. The van der Waals surface area contributed by atoms with Gasteiger partial charge < -0.3 is 5.73 Å². The number of aliphatic imine (C=N–C) groups is 1. The van der Waals surface area contributed by atoms with Crippen molar-refractivity contribution in [3.05, 3.63) is 53.0 Å². The van der Waals surface area contributed by atoms with Crippen LogP contribution in [-0.4, -0.2) is 22.1 Å². The van der Waals surface area contributed by atoms with E-state index in [-0.39, 0.29) is 5.41 Å². The lowest BCUT2D eigenvalue weighted by atomic mass is 9.81. The van der Waals surface area contributed by atoms with Crippen molar-refractivity contribution in [2.24, 2.45) is 10.7 Å². The van der Waals surface area contributed by atoms with Crippen LogP contribution in [0.2, 0.25) is 0 Å². The molecule has 0 aromatic carbocycles. The number of carbonyl (C=O) groups is 1. The van der Waals surface area contributed by atoms with Crippen LogP contribution in [0.4, 0.5) is 5.82 Å². The largest absolute Gasteiger partial charge is 0.366 e. The molecule has 0 saturated heterocycles. The molecule has 20 heavy (non-hydrogen) atoms. The van der Waals surface area contributed by atoms with Gasteiger partial charge in [0, 0.05) is 41.7 Å². The molecular formula is C15H12N4O. The second-order valence-electron chi connectivity index (χ2n) is 5.34. The van der Waals surface area contributed by atoms with Gasteiger partial charge in [-0.1, -0.05) is 6.07 Å². The predicted molar refractivity (Wildman–Crippen MR) is 74.2 cm³/mol. The van der Waals surface area contributed by atoms with Crippen LogP contribution in [0.15, 0.2) is 35.6 Å². The van der Waals surface area contributed by atoms with E-state index in [1.807, 2.05) is 18.3 Å². The van der Waals surface area contributed by atoms with Gasteiger partial charge in [0.15, 0.2) is 5.82 Å². The highest BCUT2D eigenvalue weighted by molar-refractivity contribution is 5.93. The number of hydrogen-bond acceptors (Lipinski definition) is 4. The molecule has 1 spiro atoms. The molecule has 2 aliphatic rings. The second kappa shape index (κ2) is 3.72. The van der Waals surface area contributed by atoms with E-state index in [4.69, 9.17) is 5.73 Å². The van der Waals surface area contributed by atoms with Gasteiger partial charge in [-0.25, -0.2) is 9.98 Å². The van der Waals surface area contributed by atoms with Gasteiger partial charge in [-0.15, -0.1) is 0 Å². The molecular weight excluding hydrogens is 252 g/mol. The maximum atomic E-state index is 11.3. The van der Waals surface area contributed by atoms with Crippen LogP contribution in [0.5, 0.6) is 0 Å². The Hall–Kier alpha value is -2.56. The maximum Gasteiger partial charge on any atom is 0.250 e. The van der Waals surface area contributed by atoms with Crippen molar-refractivity contribution in [1.82, 2.24) is 9.97 Å². The van der Waals surface area contributed by atoms with Crippen LogP contribution < -0.4 is 5.73 Å². The minimum atomic E-state index is -0.441. The molecule has 1 aliphatic carbocycles. The van der Waals surface area contributed by atoms with Gasteiger partial charge in [0.25, 0.3) is 0 Å². The van der Waals surface area contributed by atoms with Crippen molar-refractivity contribution in [3.8, 4) is 0 Å².